The lowest BCUT2D eigenvalue weighted by atomic mass is 9.79. The van der Waals surface area contributed by atoms with Gasteiger partial charge < -0.3 is 16.8 Å². The van der Waals surface area contributed by atoms with E-state index in [1.807, 2.05) is 0 Å². The molecule has 0 amide bonds. The van der Waals surface area contributed by atoms with Gasteiger partial charge in [0.1, 0.15) is 0 Å². The molecule has 2 rings (SSSR count). The number of nitrogens with zero attached hydrogens (tertiary/aromatic N) is 1. The number of aliphatic imine (C=N–C) groups is 1. The lowest BCUT2D eigenvalue weighted by Gasteiger charge is -2.33. The highest BCUT2D eigenvalue weighted by molar-refractivity contribution is 5.82. The summed E-state index contributed by atoms with van der Waals surface area (Å²) >= 11 is 0. The fourth-order valence-electron chi connectivity index (χ4n) is 3.49. The Kier molecular flexibility index (Phi) is 6.84. The Hall–Kier alpha value is -1.60. The van der Waals surface area contributed by atoms with E-state index < -0.39 is 11.7 Å². The molecule has 1 aliphatic rings. The van der Waals surface area contributed by atoms with Crippen LogP contribution in [0.15, 0.2) is 29.3 Å². The molecule has 0 bridgehead atoms. The molecule has 3 atom stereocenters. The summed E-state index contributed by atoms with van der Waals surface area (Å²) in [5.41, 5.74) is 12.0. The predicted octanol–water partition coefficient (Wildman–Crippen LogP) is 3.06. The zero-order valence-electron chi connectivity index (χ0n) is 14.5. The molecule has 5 N–H and O–H groups in total. The Morgan fingerprint density at radius 3 is 2.60 bits per heavy atom. The summed E-state index contributed by atoms with van der Waals surface area (Å²) in [6.45, 7) is 0.0613. The minimum Gasteiger partial charge on any atom is -0.370 e. The third kappa shape index (κ3) is 5.44. The van der Waals surface area contributed by atoms with Gasteiger partial charge in [0, 0.05) is 32.1 Å². The zero-order chi connectivity index (χ0) is 18.4. The van der Waals surface area contributed by atoms with Gasteiger partial charge in [-0.05, 0) is 30.4 Å². The number of hydrogen-bond acceptors (Lipinski definition) is 3. The molecule has 0 heterocycles. The maximum absolute atomic E-state index is 13.1. The number of alkyl halides is 3. The van der Waals surface area contributed by atoms with E-state index in [-0.39, 0.29) is 30.1 Å². The fourth-order valence-corrected chi connectivity index (χ4v) is 3.49. The quantitative estimate of drug-likeness (QED) is 0.561. The van der Waals surface area contributed by atoms with Crippen molar-refractivity contribution in [2.45, 2.75) is 56.9 Å². The Morgan fingerprint density at radius 2 is 1.96 bits per heavy atom. The summed E-state index contributed by atoms with van der Waals surface area (Å²) in [6, 6.07) is 5.50. The Bertz CT molecular complexity index is 586. The van der Waals surface area contributed by atoms with Crippen LogP contribution in [0.2, 0.25) is 0 Å². The van der Waals surface area contributed by atoms with E-state index in [2.05, 4.69) is 10.3 Å². The average molecular weight is 356 g/mol. The molecule has 0 aromatic heterocycles. The Balaban J connectivity index is 1.97. The largest absolute Gasteiger partial charge is 0.416 e. The van der Waals surface area contributed by atoms with Crippen LogP contribution in [-0.2, 0) is 12.7 Å². The molecule has 1 fully saturated rings. The number of benzene rings is 1. The van der Waals surface area contributed by atoms with Crippen molar-refractivity contribution in [1.29, 1.82) is 0 Å². The smallest absolute Gasteiger partial charge is 0.370 e. The van der Waals surface area contributed by atoms with Crippen molar-refractivity contribution >= 4 is 5.84 Å². The van der Waals surface area contributed by atoms with Crippen LogP contribution in [0.4, 0.5) is 13.2 Å². The van der Waals surface area contributed by atoms with Crippen molar-refractivity contribution in [3.05, 3.63) is 35.4 Å². The third-order valence-corrected chi connectivity index (χ3v) is 4.93. The molecule has 25 heavy (non-hydrogen) atoms. The van der Waals surface area contributed by atoms with Crippen LogP contribution in [-0.4, -0.2) is 25.0 Å². The molecular formula is C18H27F3N4. The van der Waals surface area contributed by atoms with Crippen molar-refractivity contribution in [3.63, 3.8) is 0 Å². The number of nitrogens with one attached hydrogen (secondary N) is 1. The predicted molar refractivity (Wildman–Crippen MR) is 94.2 cm³/mol. The molecule has 0 saturated heterocycles. The number of amidine groups is 1. The van der Waals surface area contributed by atoms with Gasteiger partial charge in [-0.2, -0.15) is 13.2 Å². The van der Waals surface area contributed by atoms with Gasteiger partial charge in [0.2, 0.25) is 0 Å². The molecule has 0 spiro atoms. The molecule has 4 nitrogen and oxygen atoms in total. The van der Waals surface area contributed by atoms with Gasteiger partial charge in [0.15, 0.2) is 0 Å². The summed E-state index contributed by atoms with van der Waals surface area (Å²) in [6.07, 6.45) is 0.346. The molecule has 3 unspecified atom stereocenters. The molecule has 0 radical (unpaired) electrons. The van der Waals surface area contributed by atoms with E-state index in [9.17, 15) is 13.2 Å². The second-order valence-corrected chi connectivity index (χ2v) is 6.66. The second kappa shape index (κ2) is 8.67. The van der Waals surface area contributed by atoms with Crippen LogP contribution in [0, 0.1) is 5.92 Å². The lowest BCUT2D eigenvalue weighted by molar-refractivity contribution is -0.138. The van der Waals surface area contributed by atoms with E-state index in [1.165, 1.54) is 12.1 Å². The molecule has 1 aromatic rings. The van der Waals surface area contributed by atoms with E-state index in [0.29, 0.717) is 12.3 Å². The maximum Gasteiger partial charge on any atom is 0.416 e. The minimum absolute atomic E-state index is 0.0613. The first kappa shape index (κ1) is 19.7. The maximum atomic E-state index is 13.1. The van der Waals surface area contributed by atoms with Gasteiger partial charge >= 0.3 is 6.18 Å². The number of rotatable bonds is 5. The minimum atomic E-state index is -4.37. The van der Waals surface area contributed by atoms with Crippen LogP contribution in [0.1, 0.15) is 43.2 Å². The van der Waals surface area contributed by atoms with E-state index in [0.717, 1.165) is 31.7 Å². The normalized spacial score (nSPS) is 23.4. The van der Waals surface area contributed by atoms with E-state index in [4.69, 9.17) is 11.5 Å². The standard InChI is InChI=1S/C18H27F3N4/c1-24-17(10-16(23)13-7-3-5-9-15(13)22)25-11-12-6-2-4-8-14(12)18(19,20)21/h2,4,6,8,13,15-16H,3,5,7,9-11,22-23H2,1H3,(H,24,25). The SMILES string of the molecule is CN=C(CC(N)C1CCCCC1N)NCc1ccccc1C(F)(F)F. The first-order chi connectivity index (χ1) is 11.8. The summed E-state index contributed by atoms with van der Waals surface area (Å²) in [5.74, 6) is 0.844. The van der Waals surface area contributed by atoms with Crippen molar-refractivity contribution in [2.75, 3.05) is 7.05 Å². The summed E-state index contributed by atoms with van der Waals surface area (Å²) < 4.78 is 39.2. The van der Waals surface area contributed by atoms with Crippen LogP contribution in [0.3, 0.4) is 0 Å². The van der Waals surface area contributed by atoms with E-state index in [1.54, 1.807) is 13.1 Å². The second-order valence-electron chi connectivity index (χ2n) is 6.66. The number of halogens is 3. The van der Waals surface area contributed by atoms with Crippen LogP contribution >= 0.6 is 0 Å². The monoisotopic (exact) mass is 356 g/mol. The van der Waals surface area contributed by atoms with E-state index >= 15 is 0 Å². The topological polar surface area (TPSA) is 76.4 Å². The molecular weight excluding hydrogens is 329 g/mol. The fraction of sp³-hybridized carbons (Fsp3) is 0.611. The van der Waals surface area contributed by atoms with Gasteiger partial charge in [0.25, 0.3) is 0 Å². The van der Waals surface area contributed by atoms with Crippen molar-refractivity contribution in [1.82, 2.24) is 5.32 Å². The Labute approximate surface area is 146 Å². The first-order valence-electron chi connectivity index (χ1n) is 8.68. The summed E-state index contributed by atoms with van der Waals surface area (Å²) in [4.78, 5) is 4.16. The highest BCUT2D eigenvalue weighted by atomic mass is 19.4. The average Bonchev–Trinajstić information content (AvgIpc) is 2.58. The van der Waals surface area contributed by atoms with Crippen LogP contribution in [0.5, 0.6) is 0 Å². The molecule has 140 valence electrons. The molecule has 1 aromatic carbocycles. The zero-order valence-corrected chi connectivity index (χ0v) is 14.5. The lowest BCUT2D eigenvalue weighted by Crippen LogP contribution is -2.46. The van der Waals surface area contributed by atoms with Gasteiger partial charge in [-0.3, -0.25) is 4.99 Å². The van der Waals surface area contributed by atoms with Gasteiger partial charge in [0.05, 0.1) is 11.4 Å². The van der Waals surface area contributed by atoms with Gasteiger partial charge in [-0.25, -0.2) is 0 Å². The highest BCUT2D eigenvalue weighted by Gasteiger charge is 2.33. The van der Waals surface area contributed by atoms with Gasteiger partial charge in [-0.1, -0.05) is 31.0 Å². The number of nitrogens with two attached hydrogens (primary N) is 2. The molecule has 1 aliphatic carbocycles. The molecule has 7 heteroatoms. The van der Waals surface area contributed by atoms with Crippen LogP contribution < -0.4 is 16.8 Å². The Morgan fingerprint density at radius 1 is 1.28 bits per heavy atom. The first-order valence-corrected chi connectivity index (χ1v) is 8.68. The van der Waals surface area contributed by atoms with Crippen molar-refractivity contribution in [2.24, 2.45) is 22.4 Å². The van der Waals surface area contributed by atoms with Crippen molar-refractivity contribution in [3.8, 4) is 0 Å². The van der Waals surface area contributed by atoms with Crippen molar-refractivity contribution < 1.29 is 13.2 Å². The summed E-state index contributed by atoms with van der Waals surface area (Å²) in [7, 11) is 1.62. The molecule has 0 aliphatic heterocycles. The summed E-state index contributed by atoms with van der Waals surface area (Å²) in [5, 5.41) is 3.01. The van der Waals surface area contributed by atoms with Gasteiger partial charge in [-0.15, -0.1) is 0 Å². The van der Waals surface area contributed by atoms with Crippen LogP contribution in [0.25, 0.3) is 0 Å². The molecule has 1 saturated carbocycles. The number of hydrogen-bond donors (Lipinski definition) is 3. The highest BCUT2D eigenvalue weighted by Crippen LogP contribution is 2.32. The third-order valence-electron chi connectivity index (χ3n) is 4.93.